The maximum absolute atomic E-state index is 12.9. The normalized spacial score (nSPS) is 17.8. The maximum atomic E-state index is 12.9. The summed E-state index contributed by atoms with van der Waals surface area (Å²) in [5.74, 6) is -0.687. The van der Waals surface area contributed by atoms with E-state index >= 15 is 0 Å². The number of amides is 1. The molecule has 0 spiro atoms. The van der Waals surface area contributed by atoms with Crippen molar-refractivity contribution in [3.8, 4) is 0 Å². The molecule has 5 rings (SSSR count). The first-order valence-electron chi connectivity index (χ1n) is 12.6. The highest BCUT2D eigenvalue weighted by Gasteiger charge is 2.33. The predicted molar refractivity (Wildman–Crippen MR) is 156 cm³/mol. The monoisotopic (exact) mass is 593 g/mol. The van der Waals surface area contributed by atoms with E-state index in [9.17, 15) is 14.7 Å². The summed E-state index contributed by atoms with van der Waals surface area (Å²) in [5, 5.41) is 12.5. The fraction of sp³-hybridized carbons (Fsp3) is 0.276. The van der Waals surface area contributed by atoms with Crippen LogP contribution in [0.1, 0.15) is 30.9 Å². The van der Waals surface area contributed by atoms with E-state index in [1.165, 1.54) is 11.8 Å². The SMILES string of the molecule is CCOC(=O)C1=C(O)/C(=C/c2cn(CC(=O)N3CCCC3)c3ccc(Br)cc23)SC1=Nc1ccc(C)cc1. The lowest BCUT2D eigenvalue weighted by Crippen LogP contribution is -2.30. The number of aliphatic hydroxyl groups is 1. The Hall–Kier alpha value is -3.30. The van der Waals surface area contributed by atoms with Gasteiger partial charge in [0.1, 0.15) is 22.9 Å². The molecular weight excluding hydrogens is 566 g/mol. The number of esters is 1. The minimum Gasteiger partial charge on any atom is -0.506 e. The molecule has 1 saturated heterocycles. The summed E-state index contributed by atoms with van der Waals surface area (Å²) < 4.78 is 8.08. The highest BCUT2D eigenvalue weighted by molar-refractivity contribution is 9.10. The number of rotatable bonds is 6. The first-order chi connectivity index (χ1) is 18.3. The van der Waals surface area contributed by atoms with Crippen molar-refractivity contribution in [1.29, 1.82) is 0 Å². The number of aromatic nitrogens is 1. The molecule has 7 nitrogen and oxygen atoms in total. The number of ether oxygens (including phenoxy) is 1. The highest BCUT2D eigenvalue weighted by Crippen LogP contribution is 2.41. The molecule has 3 aromatic rings. The number of nitrogens with zero attached hydrogens (tertiary/aromatic N) is 3. The molecule has 1 aromatic heterocycles. The molecule has 3 heterocycles. The second-order valence-electron chi connectivity index (χ2n) is 9.27. The standard InChI is InChI=1S/C29H28BrN3O4S/c1-3-37-29(36)26-27(35)24(38-28(26)31-21-9-6-18(2)7-10-21)14-19-16-33(17-25(34)32-12-4-5-13-32)23-11-8-20(30)15-22(19)23/h6-11,14-16,35H,3-5,12-13,17H2,1-2H3/b24-14-,31-28?. The van der Waals surface area contributed by atoms with Gasteiger partial charge in [-0.05, 0) is 63.1 Å². The Bertz CT molecular complexity index is 1500. The van der Waals surface area contributed by atoms with E-state index in [0.717, 1.165) is 52.4 Å². The molecule has 1 amide bonds. The number of likely N-dealkylation sites (tertiary alicyclic amines) is 1. The van der Waals surface area contributed by atoms with Crippen LogP contribution in [-0.2, 0) is 20.9 Å². The van der Waals surface area contributed by atoms with E-state index in [2.05, 4.69) is 20.9 Å². The van der Waals surface area contributed by atoms with Crippen molar-refractivity contribution in [2.45, 2.75) is 33.2 Å². The number of hydrogen-bond donors (Lipinski definition) is 1. The number of carbonyl (C=O) groups excluding carboxylic acids is 2. The Balaban J connectivity index is 1.55. The number of fused-ring (bicyclic) bond motifs is 1. The molecule has 2 aromatic carbocycles. The molecule has 1 fully saturated rings. The van der Waals surface area contributed by atoms with Crippen LogP contribution in [0.3, 0.4) is 0 Å². The van der Waals surface area contributed by atoms with Crippen molar-refractivity contribution < 1.29 is 19.4 Å². The van der Waals surface area contributed by atoms with E-state index in [0.29, 0.717) is 15.6 Å². The van der Waals surface area contributed by atoms with E-state index in [-0.39, 0.29) is 30.4 Å². The Morgan fingerprint density at radius 3 is 2.61 bits per heavy atom. The lowest BCUT2D eigenvalue weighted by Gasteiger charge is -2.16. The van der Waals surface area contributed by atoms with Gasteiger partial charge in [0.15, 0.2) is 0 Å². The third-order valence-corrected chi connectivity index (χ3v) is 8.07. The number of hydrogen-bond acceptors (Lipinski definition) is 6. The van der Waals surface area contributed by atoms with Gasteiger partial charge in [0.2, 0.25) is 5.91 Å². The van der Waals surface area contributed by atoms with Gasteiger partial charge in [-0.2, -0.15) is 0 Å². The molecule has 38 heavy (non-hydrogen) atoms. The third kappa shape index (κ3) is 5.44. The summed E-state index contributed by atoms with van der Waals surface area (Å²) in [6.07, 6.45) is 5.84. The second kappa shape index (κ2) is 11.2. The molecule has 0 atom stereocenters. The van der Waals surface area contributed by atoms with Crippen LogP contribution in [0, 0.1) is 6.92 Å². The minimum absolute atomic E-state index is 0.0535. The summed E-state index contributed by atoms with van der Waals surface area (Å²) in [5.41, 5.74) is 3.57. The first-order valence-corrected chi connectivity index (χ1v) is 14.2. The molecule has 1 N–H and O–H groups in total. The van der Waals surface area contributed by atoms with Crippen molar-refractivity contribution in [2.75, 3.05) is 19.7 Å². The zero-order valence-corrected chi connectivity index (χ0v) is 23.6. The highest BCUT2D eigenvalue weighted by atomic mass is 79.9. The number of thioether (sulfide) groups is 1. The molecule has 9 heteroatoms. The van der Waals surface area contributed by atoms with Crippen LogP contribution in [0.25, 0.3) is 17.0 Å². The van der Waals surface area contributed by atoms with E-state index in [4.69, 9.17) is 4.74 Å². The molecule has 2 aliphatic heterocycles. The van der Waals surface area contributed by atoms with E-state index in [1.54, 1.807) is 6.92 Å². The van der Waals surface area contributed by atoms with E-state index < -0.39 is 5.97 Å². The third-order valence-electron chi connectivity index (χ3n) is 6.56. The topological polar surface area (TPSA) is 84.1 Å². The molecule has 0 radical (unpaired) electrons. The van der Waals surface area contributed by atoms with Crippen molar-refractivity contribution in [3.63, 3.8) is 0 Å². The van der Waals surface area contributed by atoms with Crippen molar-refractivity contribution in [1.82, 2.24) is 9.47 Å². The number of aryl methyl sites for hydroxylation is 1. The summed E-state index contributed by atoms with van der Waals surface area (Å²) in [6, 6.07) is 13.5. The smallest absolute Gasteiger partial charge is 0.344 e. The van der Waals surface area contributed by atoms with Crippen LogP contribution < -0.4 is 0 Å². The number of aliphatic imine (C=N–C) groups is 1. The summed E-state index contributed by atoms with van der Waals surface area (Å²) in [4.78, 5) is 32.8. The number of carbonyl (C=O) groups is 2. The molecule has 0 saturated carbocycles. The van der Waals surface area contributed by atoms with Gasteiger partial charge < -0.3 is 19.3 Å². The average Bonchev–Trinajstić information content (AvgIpc) is 3.60. The van der Waals surface area contributed by atoms with Gasteiger partial charge in [-0.15, -0.1) is 0 Å². The van der Waals surface area contributed by atoms with Crippen molar-refractivity contribution in [2.24, 2.45) is 4.99 Å². The number of aliphatic hydroxyl groups excluding tert-OH is 1. The molecule has 0 bridgehead atoms. The van der Waals surface area contributed by atoms with Gasteiger partial charge in [0, 0.05) is 40.2 Å². The van der Waals surface area contributed by atoms with Crippen LogP contribution >= 0.6 is 27.7 Å². The predicted octanol–water partition coefficient (Wildman–Crippen LogP) is 6.53. The van der Waals surface area contributed by atoms with Gasteiger partial charge in [0.05, 0.1) is 17.2 Å². The molecule has 196 valence electrons. The largest absolute Gasteiger partial charge is 0.506 e. The van der Waals surface area contributed by atoms with Crippen LogP contribution in [-0.4, -0.2) is 51.2 Å². The van der Waals surface area contributed by atoms with Gasteiger partial charge in [-0.3, -0.25) is 4.79 Å². The first kappa shape index (κ1) is 26.3. The van der Waals surface area contributed by atoms with Gasteiger partial charge in [-0.1, -0.05) is 45.4 Å². The average molecular weight is 595 g/mol. The zero-order chi connectivity index (χ0) is 26.8. The summed E-state index contributed by atoms with van der Waals surface area (Å²) in [7, 11) is 0. The fourth-order valence-corrected chi connectivity index (χ4v) is 6.01. The van der Waals surface area contributed by atoms with Crippen molar-refractivity contribution >= 4 is 67.3 Å². The van der Waals surface area contributed by atoms with Crippen LogP contribution in [0.5, 0.6) is 0 Å². The second-order valence-corrected chi connectivity index (χ2v) is 11.2. The fourth-order valence-electron chi connectivity index (χ4n) is 4.62. The Morgan fingerprint density at radius 2 is 1.89 bits per heavy atom. The quantitative estimate of drug-likeness (QED) is 0.328. The molecular formula is C29H28BrN3O4S. The zero-order valence-electron chi connectivity index (χ0n) is 21.2. The number of halogens is 1. The Labute approximate surface area is 234 Å². The van der Waals surface area contributed by atoms with Crippen molar-refractivity contribution in [3.05, 3.63) is 80.5 Å². The van der Waals surface area contributed by atoms with Crippen LogP contribution in [0.4, 0.5) is 5.69 Å². The van der Waals surface area contributed by atoms with Gasteiger partial charge in [0.25, 0.3) is 0 Å². The lowest BCUT2D eigenvalue weighted by molar-refractivity contribution is -0.138. The maximum Gasteiger partial charge on any atom is 0.344 e. The molecule has 0 aliphatic carbocycles. The van der Waals surface area contributed by atoms with Gasteiger partial charge in [-0.25, -0.2) is 9.79 Å². The molecule has 2 aliphatic rings. The Morgan fingerprint density at radius 1 is 1.16 bits per heavy atom. The van der Waals surface area contributed by atoms with Crippen LogP contribution in [0.15, 0.2) is 74.4 Å². The number of benzene rings is 2. The Kier molecular flexibility index (Phi) is 7.76. The van der Waals surface area contributed by atoms with Gasteiger partial charge >= 0.3 is 5.97 Å². The van der Waals surface area contributed by atoms with E-state index in [1.807, 2.05) is 71.1 Å². The minimum atomic E-state index is -0.617. The summed E-state index contributed by atoms with van der Waals surface area (Å²) >= 11 is 4.77. The molecule has 0 unspecified atom stereocenters. The summed E-state index contributed by atoms with van der Waals surface area (Å²) in [6.45, 7) is 5.74. The lowest BCUT2D eigenvalue weighted by atomic mass is 10.1. The van der Waals surface area contributed by atoms with Crippen LogP contribution in [0.2, 0.25) is 0 Å².